The molecule has 1 fully saturated rings. The monoisotopic (exact) mass is 637 g/mol. The van der Waals surface area contributed by atoms with Gasteiger partial charge in [-0.15, -0.1) is 0 Å². The molecule has 0 bridgehead atoms. The number of anilines is 2. The lowest BCUT2D eigenvalue weighted by molar-refractivity contribution is -0.162. The van der Waals surface area contributed by atoms with Gasteiger partial charge in [-0.25, -0.2) is 8.42 Å². The number of hydrogen-bond acceptors (Lipinski definition) is 6. The molecule has 4 rings (SSSR count). The number of sulfonamides is 1. The Kier molecular flexibility index (Phi) is 9.27. The van der Waals surface area contributed by atoms with Gasteiger partial charge in [0.1, 0.15) is 12.1 Å². The molecule has 2 N–H and O–H groups in total. The van der Waals surface area contributed by atoms with E-state index in [0.717, 1.165) is 28.3 Å². The largest absolute Gasteiger partial charge is 0.492 e. The van der Waals surface area contributed by atoms with Gasteiger partial charge in [-0.2, -0.15) is 13.2 Å². The zero-order chi connectivity index (χ0) is 32.6. The van der Waals surface area contributed by atoms with Gasteiger partial charge in [-0.05, 0) is 34.7 Å². The normalized spacial score (nSPS) is 15.0. The van der Waals surface area contributed by atoms with E-state index in [2.05, 4.69) is 14.9 Å². The molecule has 0 aliphatic carbocycles. The van der Waals surface area contributed by atoms with E-state index in [9.17, 15) is 31.2 Å². The molecular formula is C30H38F3N5O5S. The number of methoxy groups -OCH3 is 1. The molecule has 2 amide bonds. The number of piperazine rings is 1. The number of ether oxygens (including phenoxy) is 1. The number of benzene rings is 2. The van der Waals surface area contributed by atoms with Crippen molar-refractivity contribution in [1.29, 1.82) is 0 Å². The molecule has 0 saturated carbocycles. The van der Waals surface area contributed by atoms with Crippen LogP contribution < -0.4 is 14.8 Å². The first-order valence-corrected chi connectivity index (χ1v) is 15.9. The smallest absolute Gasteiger partial charge is 0.397 e. The summed E-state index contributed by atoms with van der Waals surface area (Å²) in [5.74, 6) is -1.17. The standard InChI is InChI=1S/C30H38F3N5O5S/c1-29(2,3)21-15-22(27(43-5)23(16-21)35-44(6,41)42)34-28(40)24-14-19-8-7-9-20(26(19)36(24)4)18-37-10-12-38(13-11-37)25(39)17-30(31,32)33/h7-9,14-16,35H,10-13,17-18H2,1-6H3,(H,34,40). The summed E-state index contributed by atoms with van der Waals surface area (Å²) in [6, 6.07) is 10.9. The van der Waals surface area contributed by atoms with Gasteiger partial charge >= 0.3 is 6.18 Å². The highest BCUT2D eigenvalue weighted by Crippen LogP contribution is 2.39. The number of alkyl halides is 3. The highest BCUT2D eigenvalue weighted by Gasteiger charge is 2.34. The summed E-state index contributed by atoms with van der Waals surface area (Å²) in [7, 11) is -0.476. The number of carbonyl (C=O) groups excluding carboxylic acids is 2. The van der Waals surface area contributed by atoms with Crippen LogP contribution in [0.15, 0.2) is 36.4 Å². The van der Waals surface area contributed by atoms with Crippen molar-refractivity contribution >= 4 is 44.1 Å². The highest BCUT2D eigenvalue weighted by atomic mass is 32.2. The third-order valence-electron chi connectivity index (χ3n) is 7.55. The lowest BCUT2D eigenvalue weighted by Crippen LogP contribution is -2.49. The molecule has 10 nitrogen and oxygen atoms in total. The van der Waals surface area contributed by atoms with Crippen LogP contribution in [0, 0.1) is 0 Å². The number of rotatable bonds is 8. The molecular weight excluding hydrogens is 599 g/mol. The van der Waals surface area contributed by atoms with E-state index < -0.39 is 34.4 Å². The summed E-state index contributed by atoms with van der Waals surface area (Å²) in [5, 5.41) is 3.73. The summed E-state index contributed by atoms with van der Waals surface area (Å²) in [4.78, 5) is 29.0. The molecule has 0 unspecified atom stereocenters. The Hall–Kier alpha value is -3.78. The molecule has 1 saturated heterocycles. The number of nitrogens with zero attached hydrogens (tertiary/aromatic N) is 3. The fraction of sp³-hybridized carbons (Fsp3) is 0.467. The zero-order valence-electron chi connectivity index (χ0n) is 25.6. The van der Waals surface area contributed by atoms with Crippen LogP contribution in [-0.4, -0.2) is 80.3 Å². The number of aryl methyl sites for hydroxylation is 1. The lowest BCUT2D eigenvalue weighted by atomic mass is 9.86. The molecule has 14 heteroatoms. The van der Waals surface area contributed by atoms with Crippen molar-refractivity contribution in [3.63, 3.8) is 0 Å². The van der Waals surface area contributed by atoms with Gasteiger partial charge in [0.15, 0.2) is 5.75 Å². The summed E-state index contributed by atoms with van der Waals surface area (Å²) in [6.45, 7) is 7.65. The van der Waals surface area contributed by atoms with Crippen molar-refractivity contribution in [2.75, 3.05) is 49.6 Å². The minimum Gasteiger partial charge on any atom is -0.492 e. The number of hydrogen-bond donors (Lipinski definition) is 2. The number of amides is 2. The van der Waals surface area contributed by atoms with Gasteiger partial charge in [0.25, 0.3) is 5.91 Å². The van der Waals surface area contributed by atoms with Crippen molar-refractivity contribution in [3.05, 3.63) is 53.2 Å². The average Bonchev–Trinajstić information content (AvgIpc) is 3.24. The van der Waals surface area contributed by atoms with Crippen LogP contribution in [0.4, 0.5) is 24.5 Å². The molecule has 2 heterocycles. The predicted molar refractivity (Wildman–Crippen MR) is 164 cm³/mol. The van der Waals surface area contributed by atoms with Crippen LogP contribution in [0.3, 0.4) is 0 Å². The Morgan fingerprint density at radius 2 is 1.64 bits per heavy atom. The Morgan fingerprint density at radius 3 is 2.20 bits per heavy atom. The molecule has 240 valence electrons. The number of aromatic nitrogens is 1. The van der Waals surface area contributed by atoms with E-state index in [4.69, 9.17) is 4.74 Å². The lowest BCUT2D eigenvalue weighted by Gasteiger charge is -2.35. The van der Waals surface area contributed by atoms with Gasteiger partial charge in [-0.1, -0.05) is 39.0 Å². The quantitative estimate of drug-likeness (QED) is 0.370. The Labute approximate surface area is 255 Å². The van der Waals surface area contributed by atoms with Gasteiger partial charge in [0, 0.05) is 45.2 Å². The summed E-state index contributed by atoms with van der Waals surface area (Å²) in [6.07, 6.45) is -4.95. The molecule has 0 atom stereocenters. The summed E-state index contributed by atoms with van der Waals surface area (Å²) >= 11 is 0. The molecule has 3 aromatic rings. The molecule has 1 aromatic heterocycles. The van der Waals surface area contributed by atoms with E-state index in [-0.39, 0.29) is 29.9 Å². The SMILES string of the molecule is COc1c(NC(=O)c2cc3cccc(CN4CCN(C(=O)CC(F)(F)F)CC4)c3n2C)cc(C(C)(C)C)cc1NS(C)(=O)=O. The van der Waals surface area contributed by atoms with Gasteiger partial charge in [0.2, 0.25) is 15.9 Å². The third-order valence-corrected chi connectivity index (χ3v) is 8.14. The van der Waals surface area contributed by atoms with Gasteiger partial charge in [0.05, 0.1) is 30.3 Å². The van der Waals surface area contributed by atoms with E-state index in [1.807, 2.05) is 39.0 Å². The average molecular weight is 638 g/mol. The second-order valence-corrected chi connectivity index (χ2v) is 13.8. The molecule has 2 aromatic carbocycles. The van der Waals surface area contributed by atoms with Crippen molar-refractivity contribution in [3.8, 4) is 5.75 Å². The Bertz CT molecular complexity index is 1670. The van der Waals surface area contributed by atoms with Crippen molar-refractivity contribution < 1.29 is 35.9 Å². The maximum absolute atomic E-state index is 13.7. The van der Waals surface area contributed by atoms with Crippen molar-refractivity contribution in [2.24, 2.45) is 7.05 Å². The minimum absolute atomic E-state index is 0.170. The number of para-hydroxylation sites is 1. The van der Waals surface area contributed by atoms with Gasteiger partial charge in [-0.3, -0.25) is 19.2 Å². The maximum atomic E-state index is 13.7. The minimum atomic E-state index is -4.53. The highest BCUT2D eigenvalue weighted by molar-refractivity contribution is 7.92. The second-order valence-electron chi connectivity index (χ2n) is 12.1. The van der Waals surface area contributed by atoms with Crippen molar-refractivity contribution in [1.82, 2.24) is 14.4 Å². The van der Waals surface area contributed by atoms with Crippen LogP contribution in [0.25, 0.3) is 10.9 Å². The Morgan fingerprint density at radius 1 is 1.00 bits per heavy atom. The number of fused-ring (bicyclic) bond motifs is 1. The number of carbonyl (C=O) groups is 2. The van der Waals surface area contributed by atoms with Crippen LogP contribution in [0.5, 0.6) is 5.75 Å². The van der Waals surface area contributed by atoms with E-state index in [0.29, 0.717) is 31.0 Å². The molecule has 0 spiro atoms. The van der Waals surface area contributed by atoms with Gasteiger partial charge < -0.3 is 19.5 Å². The van der Waals surface area contributed by atoms with E-state index in [1.54, 1.807) is 29.8 Å². The van der Waals surface area contributed by atoms with Crippen LogP contribution in [-0.2, 0) is 33.8 Å². The molecule has 1 aliphatic rings. The van der Waals surface area contributed by atoms with E-state index in [1.165, 1.54) is 12.0 Å². The second kappa shape index (κ2) is 12.3. The van der Waals surface area contributed by atoms with Crippen LogP contribution in [0.1, 0.15) is 48.8 Å². The molecule has 0 radical (unpaired) electrons. The first kappa shape index (κ1) is 33.1. The Balaban J connectivity index is 1.59. The summed E-state index contributed by atoms with van der Waals surface area (Å²) in [5.41, 5.74) is 3.02. The first-order chi connectivity index (χ1) is 20.4. The topological polar surface area (TPSA) is 113 Å². The first-order valence-electron chi connectivity index (χ1n) is 14.0. The molecule has 1 aliphatic heterocycles. The van der Waals surface area contributed by atoms with Crippen LogP contribution in [0.2, 0.25) is 0 Å². The summed E-state index contributed by atoms with van der Waals surface area (Å²) < 4.78 is 71.9. The maximum Gasteiger partial charge on any atom is 0.397 e. The zero-order valence-corrected chi connectivity index (χ0v) is 26.4. The third kappa shape index (κ3) is 7.83. The van der Waals surface area contributed by atoms with E-state index >= 15 is 0 Å². The predicted octanol–water partition coefficient (Wildman–Crippen LogP) is 4.70. The fourth-order valence-electron chi connectivity index (χ4n) is 5.36. The number of nitrogens with one attached hydrogen (secondary N) is 2. The number of halogens is 3. The van der Waals surface area contributed by atoms with Crippen molar-refractivity contribution in [2.45, 2.75) is 45.3 Å². The van der Waals surface area contributed by atoms with Crippen LogP contribution >= 0.6 is 0 Å². The fourth-order valence-corrected chi connectivity index (χ4v) is 5.91. The molecule has 44 heavy (non-hydrogen) atoms.